The van der Waals surface area contributed by atoms with Gasteiger partial charge in [-0.2, -0.15) is 0 Å². The number of nitrogens with one attached hydrogen (secondary N) is 1. The van der Waals surface area contributed by atoms with Gasteiger partial charge in [0.2, 0.25) is 6.79 Å². The van der Waals surface area contributed by atoms with E-state index in [1.54, 1.807) is 63.2 Å². The van der Waals surface area contributed by atoms with E-state index in [4.69, 9.17) is 14.2 Å². The third kappa shape index (κ3) is 3.71. The summed E-state index contributed by atoms with van der Waals surface area (Å²) in [4.78, 5) is 38.2. The Morgan fingerprint density at radius 3 is 2.33 bits per heavy atom. The number of hydrogen-bond donors (Lipinski definition) is 1. The molecule has 0 saturated heterocycles. The molecule has 0 spiro atoms. The number of imide groups is 1. The van der Waals surface area contributed by atoms with Crippen LogP contribution >= 0.6 is 0 Å². The molecule has 0 fully saturated rings. The van der Waals surface area contributed by atoms with Crippen molar-refractivity contribution in [1.29, 1.82) is 0 Å². The van der Waals surface area contributed by atoms with Crippen LogP contribution in [0.15, 0.2) is 48.5 Å². The summed E-state index contributed by atoms with van der Waals surface area (Å²) >= 11 is 0. The Morgan fingerprint density at radius 1 is 1.00 bits per heavy atom. The van der Waals surface area contributed by atoms with Crippen LogP contribution in [0.2, 0.25) is 0 Å². The van der Waals surface area contributed by atoms with Gasteiger partial charge in [-0.3, -0.25) is 19.5 Å². The fourth-order valence-electron chi connectivity index (χ4n) is 3.15. The first-order valence-electron chi connectivity index (χ1n) is 9.32. The fraction of sp³-hybridized carbons (Fsp3) is 0.227. The molecule has 0 atom stereocenters. The number of nitrogens with zero attached hydrogens (tertiary/aromatic N) is 1. The number of amides is 2. The van der Waals surface area contributed by atoms with E-state index in [0.29, 0.717) is 28.0 Å². The number of fused-ring (bicyclic) bond motifs is 2. The molecule has 4 rings (SSSR count). The van der Waals surface area contributed by atoms with E-state index in [1.165, 1.54) is 10.6 Å². The van der Waals surface area contributed by atoms with Crippen LogP contribution in [0, 0.1) is 0 Å². The van der Waals surface area contributed by atoms with Gasteiger partial charge in [0.25, 0.3) is 11.8 Å². The van der Waals surface area contributed by atoms with Gasteiger partial charge in [-0.15, -0.1) is 0 Å². The Kier molecular flexibility index (Phi) is 4.69. The first-order chi connectivity index (χ1) is 14.2. The summed E-state index contributed by atoms with van der Waals surface area (Å²) in [5, 5.41) is 2.78. The number of alkyl carbamates (subject to hydrolysis) is 1. The van der Waals surface area contributed by atoms with Crippen molar-refractivity contribution < 1.29 is 28.6 Å². The predicted octanol–water partition coefficient (Wildman–Crippen LogP) is 3.72. The molecule has 154 valence electrons. The van der Waals surface area contributed by atoms with Gasteiger partial charge in [-0.1, -0.05) is 18.2 Å². The molecule has 2 amide bonds. The Labute approximate surface area is 172 Å². The molecular weight excluding hydrogens is 388 g/mol. The van der Waals surface area contributed by atoms with Gasteiger partial charge in [-0.25, -0.2) is 4.79 Å². The second-order valence-electron chi connectivity index (χ2n) is 7.76. The zero-order chi connectivity index (χ0) is 21.5. The van der Waals surface area contributed by atoms with Crippen LogP contribution in [0.5, 0.6) is 11.5 Å². The number of rotatable bonds is 2. The third-order valence-corrected chi connectivity index (χ3v) is 4.37. The molecule has 2 aromatic carbocycles. The lowest BCUT2D eigenvalue weighted by molar-refractivity contribution is 0.0505. The van der Waals surface area contributed by atoms with Crippen molar-refractivity contribution in [2.75, 3.05) is 6.79 Å². The average Bonchev–Trinajstić information content (AvgIpc) is 3.28. The minimum Gasteiger partial charge on any atom is -0.454 e. The van der Waals surface area contributed by atoms with Crippen LogP contribution in [0.25, 0.3) is 10.9 Å². The van der Waals surface area contributed by atoms with Crippen LogP contribution in [0.3, 0.4) is 0 Å². The first kappa shape index (κ1) is 19.5. The number of hydrogen-bond acceptors (Lipinski definition) is 6. The Balaban J connectivity index is 1.79. The predicted molar refractivity (Wildman–Crippen MR) is 108 cm³/mol. The van der Waals surface area contributed by atoms with E-state index >= 15 is 0 Å². The standard InChI is InChI=1S/C22H20N2O6/c1-22(2,3)30-21(27)23-19(25)16-9-14-10-17-18(29-12-28-17)11-15(14)24(16)20(26)13-7-5-4-6-8-13/h4-11H,12H2,1-3H3,(H,23,25,27). The van der Waals surface area contributed by atoms with Crippen molar-refractivity contribution in [2.45, 2.75) is 26.4 Å². The molecule has 0 saturated carbocycles. The highest BCUT2D eigenvalue weighted by Gasteiger charge is 2.26. The summed E-state index contributed by atoms with van der Waals surface area (Å²) in [7, 11) is 0. The highest BCUT2D eigenvalue weighted by Crippen LogP contribution is 2.37. The lowest BCUT2D eigenvalue weighted by Crippen LogP contribution is -2.37. The van der Waals surface area contributed by atoms with E-state index in [0.717, 1.165) is 0 Å². The zero-order valence-corrected chi connectivity index (χ0v) is 16.7. The molecular formula is C22H20N2O6. The smallest absolute Gasteiger partial charge is 0.414 e. The molecule has 3 aromatic rings. The number of carbonyl (C=O) groups excluding carboxylic acids is 3. The summed E-state index contributed by atoms with van der Waals surface area (Å²) < 4.78 is 17.2. The molecule has 2 heterocycles. The lowest BCUT2D eigenvalue weighted by atomic mass is 10.2. The van der Waals surface area contributed by atoms with Crippen LogP contribution in [-0.4, -0.2) is 34.9 Å². The molecule has 8 heteroatoms. The molecule has 1 aliphatic rings. The summed E-state index contributed by atoms with van der Waals surface area (Å²) in [6, 6.07) is 13.4. The molecule has 8 nitrogen and oxygen atoms in total. The Morgan fingerprint density at radius 2 is 1.67 bits per heavy atom. The number of benzene rings is 2. The number of aromatic nitrogens is 1. The van der Waals surface area contributed by atoms with Crippen LogP contribution in [0.1, 0.15) is 41.6 Å². The maximum Gasteiger partial charge on any atom is 0.414 e. The number of ether oxygens (including phenoxy) is 3. The van der Waals surface area contributed by atoms with Crippen LogP contribution in [-0.2, 0) is 4.74 Å². The van der Waals surface area contributed by atoms with Crippen molar-refractivity contribution in [3.05, 3.63) is 59.8 Å². The fourth-order valence-corrected chi connectivity index (χ4v) is 3.15. The van der Waals surface area contributed by atoms with Gasteiger partial charge in [0, 0.05) is 17.0 Å². The molecule has 0 aliphatic carbocycles. The lowest BCUT2D eigenvalue weighted by Gasteiger charge is -2.19. The maximum absolute atomic E-state index is 13.3. The van der Waals surface area contributed by atoms with E-state index in [-0.39, 0.29) is 12.5 Å². The second kappa shape index (κ2) is 7.22. The van der Waals surface area contributed by atoms with Crippen LogP contribution < -0.4 is 14.8 Å². The van der Waals surface area contributed by atoms with E-state index in [2.05, 4.69) is 5.32 Å². The zero-order valence-electron chi connectivity index (χ0n) is 16.7. The Bertz CT molecular complexity index is 1160. The minimum atomic E-state index is -0.898. The summed E-state index contributed by atoms with van der Waals surface area (Å²) in [6.07, 6.45) is -0.898. The van der Waals surface area contributed by atoms with Crippen molar-refractivity contribution in [3.8, 4) is 11.5 Å². The first-order valence-corrected chi connectivity index (χ1v) is 9.32. The molecule has 30 heavy (non-hydrogen) atoms. The monoisotopic (exact) mass is 408 g/mol. The molecule has 1 N–H and O–H groups in total. The Hall–Kier alpha value is -3.81. The van der Waals surface area contributed by atoms with Crippen LogP contribution in [0.4, 0.5) is 4.79 Å². The molecule has 0 unspecified atom stereocenters. The van der Waals surface area contributed by atoms with Gasteiger partial charge >= 0.3 is 6.09 Å². The minimum absolute atomic E-state index is 0.00612. The summed E-state index contributed by atoms with van der Waals surface area (Å²) in [5.41, 5.74) is 0.0710. The van der Waals surface area contributed by atoms with Gasteiger partial charge in [0.15, 0.2) is 11.5 Å². The van der Waals surface area contributed by atoms with Gasteiger partial charge in [0.05, 0.1) is 5.52 Å². The largest absolute Gasteiger partial charge is 0.454 e. The molecule has 1 aliphatic heterocycles. The SMILES string of the molecule is CC(C)(C)OC(=O)NC(=O)c1cc2cc3c(cc2n1C(=O)c1ccccc1)OCO3. The highest BCUT2D eigenvalue weighted by molar-refractivity contribution is 6.12. The van der Waals surface area contributed by atoms with Crippen molar-refractivity contribution >= 4 is 28.8 Å². The van der Waals surface area contributed by atoms with Crippen molar-refractivity contribution in [2.24, 2.45) is 0 Å². The maximum atomic E-state index is 13.3. The van der Waals surface area contributed by atoms with Gasteiger partial charge in [-0.05, 0) is 45.0 Å². The summed E-state index contributed by atoms with van der Waals surface area (Å²) in [5.74, 6) is -0.182. The second-order valence-corrected chi connectivity index (χ2v) is 7.76. The molecule has 0 radical (unpaired) electrons. The normalized spacial score (nSPS) is 12.6. The third-order valence-electron chi connectivity index (χ3n) is 4.37. The molecule has 1 aromatic heterocycles. The van der Waals surface area contributed by atoms with Crippen molar-refractivity contribution in [1.82, 2.24) is 9.88 Å². The van der Waals surface area contributed by atoms with E-state index < -0.39 is 23.5 Å². The van der Waals surface area contributed by atoms with Gasteiger partial charge < -0.3 is 14.2 Å². The van der Waals surface area contributed by atoms with Gasteiger partial charge in [0.1, 0.15) is 11.3 Å². The highest BCUT2D eigenvalue weighted by atomic mass is 16.7. The molecule has 0 bridgehead atoms. The van der Waals surface area contributed by atoms with E-state index in [9.17, 15) is 14.4 Å². The van der Waals surface area contributed by atoms with Crippen molar-refractivity contribution in [3.63, 3.8) is 0 Å². The summed E-state index contributed by atoms with van der Waals surface area (Å²) in [6.45, 7) is 5.15. The number of carbonyl (C=O) groups is 3. The quantitative estimate of drug-likeness (QED) is 0.694. The van der Waals surface area contributed by atoms with E-state index in [1.807, 2.05) is 0 Å². The average molecular weight is 408 g/mol. The topological polar surface area (TPSA) is 95.9 Å².